The molecule has 4 N–H and O–H groups in total. The number of phenolic OH excluding ortho intramolecular Hbond substituents is 4. The van der Waals surface area contributed by atoms with Gasteiger partial charge < -0.3 is 29.9 Å². The lowest BCUT2D eigenvalue weighted by atomic mass is 9.79. The topological polar surface area (TPSA) is 125 Å². The Labute approximate surface area is 537 Å². The highest BCUT2D eigenvalue weighted by molar-refractivity contribution is 9.10. The van der Waals surface area contributed by atoms with Crippen LogP contribution in [0.15, 0.2) is 108 Å². The third kappa shape index (κ3) is 12.9. The summed E-state index contributed by atoms with van der Waals surface area (Å²) in [5.41, 5.74) is 16.9. The number of rotatable bonds is 0. The lowest BCUT2D eigenvalue weighted by Gasteiger charge is -2.28. The summed E-state index contributed by atoms with van der Waals surface area (Å²) in [5, 5.41) is 53.6. The molecule has 0 fully saturated rings. The van der Waals surface area contributed by atoms with E-state index < -0.39 is 0 Å². The van der Waals surface area contributed by atoms with Gasteiger partial charge in [0.05, 0.1) is 22.4 Å². The second kappa shape index (κ2) is 22.5. The minimum atomic E-state index is -0.317. The van der Waals surface area contributed by atoms with Crippen LogP contribution in [-0.4, -0.2) is 30.4 Å². The average molecular weight is 1260 g/mol. The number of benzene rings is 7. The number of aromatic nitrogens is 2. The minimum absolute atomic E-state index is 0.130. The van der Waals surface area contributed by atoms with Crippen LogP contribution in [0.25, 0.3) is 21.8 Å². The molecule has 9 heteroatoms. The Morgan fingerprint density at radius 2 is 0.551 bits per heavy atom. The molecule has 7 aromatic carbocycles. The van der Waals surface area contributed by atoms with Gasteiger partial charge in [-0.1, -0.05) is 219 Å². The van der Waals surface area contributed by atoms with E-state index in [1.54, 1.807) is 0 Å². The first kappa shape index (κ1) is 63.2. The van der Waals surface area contributed by atoms with E-state index >= 15 is 0 Å². The molecule has 11 rings (SSSR count). The number of hydrogen-bond donors (Lipinski definition) is 4. The van der Waals surface area contributed by atoms with Crippen molar-refractivity contribution in [1.82, 2.24) is 9.97 Å². The number of fused-ring (bicyclic) bond motifs is 10. The molecule has 2 aromatic heterocycles. The molecule has 1 aliphatic heterocycles. The SMILES string of the molecule is CC(C)(C)c1cc2c(O)c(c1)Cc1cc(C(C)(C)C)cc(c1O)Cc1cc(C(C)(C)C)cc3c1OCc1ccc4cc(Br)c5ccc(nc5c4n1)COc1c(cc(C(C)(C)C)cc1C3)Cc1cc(C(C)(C)C)cc(c1O)Cc1cc(C(C)(C)C)cc(c1O)C2. The lowest BCUT2D eigenvalue weighted by Crippen LogP contribution is -2.16. The zero-order valence-electron chi connectivity index (χ0n) is 55.8. The third-order valence-electron chi connectivity index (χ3n) is 18.5. The summed E-state index contributed by atoms with van der Waals surface area (Å²) in [5.74, 6) is 2.01. The van der Waals surface area contributed by atoms with Crippen LogP contribution < -0.4 is 9.47 Å². The molecule has 0 saturated carbocycles. The molecular weight excluding hydrogens is 1160 g/mol. The zero-order valence-corrected chi connectivity index (χ0v) is 57.4. The largest absolute Gasteiger partial charge is 0.507 e. The molecule has 18 bridgehead atoms. The first-order valence-corrected chi connectivity index (χ1v) is 32.5. The second-order valence-electron chi connectivity index (χ2n) is 31.9. The van der Waals surface area contributed by atoms with Crippen LogP contribution in [0.5, 0.6) is 34.5 Å². The van der Waals surface area contributed by atoms with E-state index in [1.165, 1.54) is 0 Å². The van der Waals surface area contributed by atoms with Crippen molar-refractivity contribution in [3.63, 3.8) is 0 Å². The summed E-state index contributed by atoms with van der Waals surface area (Å²) >= 11 is 3.87. The molecule has 0 atom stereocenters. The van der Waals surface area contributed by atoms with Crippen molar-refractivity contribution in [1.29, 1.82) is 0 Å². The van der Waals surface area contributed by atoms with E-state index in [1.807, 2.05) is 12.1 Å². The van der Waals surface area contributed by atoms with Gasteiger partial charge in [0, 0.05) is 53.8 Å². The Morgan fingerprint density at radius 1 is 0.315 bits per heavy atom. The molecule has 3 heterocycles. The summed E-state index contributed by atoms with van der Waals surface area (Å²) in [7, 11) is 0. The maximum absolute atomic E-state index is 13.1. The Morgan fingerprint density at radius 3 is 0.831 bits per heavy atom. The molecule has 0 spiro atoms. The quantitative estimate of drug-likeness (QED) is 0.111. The van der Waals surface area contributed by atoms with Crippen molar-refractivity contribution in [2.45, 2.75) is 209 Å². The second-order valence-corrected chi connectivity index (χ2v) is 32.7. The molecule has 0 amide bonds. The van der Waals surface area contributed by atoms with Crippen molar-refractivity contribution in [2.24, 2.45) is 0 Å². The normalized spacial score (nSPS) is 14.5. The Balaban J connectivity index is 1.25. The third-order valence-corrected chi connectivity index (χ3v) is 19.1. The lowest BCUT2D eigenvalue weighted by molar-refractivity contribution is 0.292. The fourth-order valence-corrected chi connectivity index (χ4v) is 13.3. The van der Waals surface area contributed by atoms with Crippen LogP contribution in [0.2, 0.25) is 0 Å². The number of phenols is 4. The Kier molecular flexibility index (Phi) is 16.0. The van der Waals surface area contributed by atoms with Crippen LogP contribution in [0, 0.1) is 0 Å². The van der Waals surface area contributed by atoms with Gasteiger partial charge in [-0.3, -0.25) is 0 Å². The van der Waals surface area contributed by atoms with E-state index in [-0.39, 0.29) is 88.0 Å². The summed E-state index contributed by atoms with van der Waals surface area (Å²) in [4.78, 5) is 10.7. The van der Waals surface area contributed by atoms with Crippen molar-refractivity contribution < 1.29 is 29.9 Å². The summed E-state index contributed by atoms with van der Waals surface area (Å²) in [6.07, 6.45) is 1.81. The molecule has 89 heavy (non-hydrogen) atoms. The van der Waals surface area contributed by atoms with Gasteiger partial charge >= 0.3 is 0 Å². The van der Waals surface area contributed by atoms with Gasteiger partial charge in [0.1, 0.15) is 47.7 Å². The highest BCUT2D eigenvalue weighted by atomic mass is 79.9. The summed E-state index contributed by atoms with van der Waals surface area (Å²) in [6, 6.07) is 36.3. The molecule has 0 unspecified atom stereocenters. The molecule has 9 aromatic rings. The van der Waals surface area contributed by atoms with Gasteiger partial charge in [-0.2, -0.15) is 0 Å². The number of ether oxygens (including phenoxy) is 2. The van der Waals surface area contributed by atoms with Gasteiger partial charge in [0.15, 0.2) is 0 Å². The monoisotopic (exact) mass is 1250 g/mol. The van der Waals surface area contributed by atoms with Crippen LogP contribution in [0.4, 0.5) is 0 Å². The van der Waals surface area contributed by atoms with Crippen molar-refractivity contribution in [3.8, 4) is 34.5 Å². The number of halogens is 1. The predicted octanol–water partition coefficient (Wildman–Crippen LogP) is 19.5. The fourth-order valence-electron chi connectivity index (χ4n) is 12.7. The van der Waals surface area contributed by atoms with E-state index in [9.17, 15) is 20.4 Å². The van der Waals surface area contributed by atoms with Gasteiger partial charge in [-0.25, -0.2) is 9.97 Å². The number of hydrogen-bond acceptors (Lipinski definition) is 8. The highest BCUT2D eigenvalue weighted by Crippen LogP contribution is 2.46. The molecule has 8 nitrogen and oxygen atoms in total. The molecule has 1 aliphatic carbocycles. The van der Waals surface area contributed by atoms with Crippen LogP contribution in [-0.2, 0) is 84.2 Å². The van der Waals surface area contributed by atoms with Crippen molar-refractivity contribution in [2.75, 3.05) is 0 Å². The molecule has 2 aliphatic rings. The first-order chi connectivity index (χ1) is 41.4. The van der Waals surface area contributed by atoms with E-state index in [0.29, 0.717) is 64.1 Å². The molecule has 0 saturated heterocycles. The molecule has 464 valence electrons. The van der Waals surface area contributed by atoms with E-state index in [0.717, 1.165) is 104 Å². The minimum Gasteiger partial charge on any atom is -0.507 e. The van der Waals surface area contributed by atoms with E-state index in [4.69, 9.17) is 19.4 Å². The molecular formula is C80H91BrN2O6. The number of nitrogens with zero attached hydrogens (tertiary/aromatic N) is 2. The van der Waals surface area contributed by atoms with E-state index in [2.05, 4.69) is 232 Å². The van der Waals surface area contributed by atoms with Gasteiger partial charge in [-0.15, -0.1) is 0 Å². The van der Waals surface area contributed by atoms with Crippen LogP contribution in [0.3, 0.4) is 0 Å². The molecule has 0 radical (unpaired) electrons. The highest BCUT2D eigenvalue weighted by Gasteiger charge is 2.31. The number of aromatic hydroxyl groups is 4. The van der Waals surface area contributed by atoms with Crippen LogP contribution in [0.1, 0.15) is 236 Å². The van der Waals surface area contributed by atoms with Crippen molar-refractivity contribution in [3.05, 3.63) is 219 Å². The van der Waals surface area contributed by atoms with Crippen molar-refractivity contribution >= 4 is 37.7 Å². The fraction of sp³-hybridized carbons (Fsp3) is 0.400. The van der Waals surface area contributed by atoms with Gasteiger partial charge in [-0.05, 0) is 157 Å². The number of pyridine rings is 2. The first-order valence-electron chi connectivity index (χ1n) is 31.7. The average Bonchev–Trinajstić information content (AvgIpc) is 1.38. The maximum Gasteiger partial charge on any atom is 0.130 e. The van der Waals surface area contributed by atoms with Gasteiger partial charge in [0.2, 0.25) is 0 Å². The predicted molar refractivity (Wildman–Crippen MR) is 368 cm³/mol. The van der Waals surface area contributed by atoms with Crippen LogP contribution >= 0.6 is 15.9 Å². The van der Waals surface area contributed by atoms with Gasteiger partial charge in [0.25, 0.3) is 0 Å². The smallest absolute Gasteiger partial charge is 0.130 e. The standard InChI is InChI=1S/C80H91BrN2O6/c1-75(2,3)57-29-45-23-46-30-58(76(4,5)6)32-48(70(46)85)25-50-34-60(78(10,11)12)36-52(72(50)87)27-54-38-62(80(16,17)18)40-56-28-55-39-61(79(13,14)15)37-53(26-51-35-59(77(7,8)9)33-49(71(51)86)24-47(31-57)69(45)84)73(55)88-42-63-20-19-44-41-66(81)65-22-21-64(43-89-74(54)56)83-68(65)67(44)82-63/h19-22,29-41,84-87H,23-28,42-43H2,1-18H3. The zero-order chi connectivity index (χ0) is 64.4. The Bertz CT molecular complexity index is 4320. The Hall–Kier alpha value is -7.36. The summed E-state index contributed by atoms with van der Waals surface area (Å²) < 4.78 is 15.7. The maximum atomic E-state index is 13.1. The summed E-state index contributed by atoms with van der Waals surface area (Å²) in [6.45, 7) is 40.1.